The molecule has 0 spiro atoms. The number of hydrogen-bond donors (Lipinski definition) is 1. The van der Waals surface area contributed by atoms with Crippen LogP contribution < -0.4 is 5.32 Å². The third kappa shape index (κ3) is 11.5. The van der Waals surface area contributed by atoms with Crippen molar-refractivity contribution in [3.05, 3.63) is 12.3 Å². The lowest BCUT2D eigenvalue weighted by Gasteiger charge is -1.97. The normalized spacial score (nSPS) is 10.9. The fraction of sp³-hybridized carbons (Fsp3) is 0.833. The fourth-order valence-corrected chi connectivity index (χ4v) is 1.33. The van der Waals surface area contributed by atoms with E-state index in [9.17, 15) is 0 Å². The van der Waals surface area contributed by atoms with Crippen molar-refractivity contribution in [1.82, 2.24) is 5.32 Å². The molecule has 0 unspecified atom stereocenters. The van der Waals surface area contributed by atoms with E-state index in [1.165, 1.54) is 44.9 Å². The van der Waals surface area contributed by atoms with Gasteiger partial charge in [-0.2, -0.15) is 0 Å². The van der Waals surface area contributed by atoms with Gasteiger partial charge in [-0.15, -0.1) is 0 Å². The third-order valence-corrected chi connectivity index (χ3v) is 2.16. The summed E-state index contributed by atoms with van der Waals surface area (Å²) in [4.78, 5) is 0. The van der Waals surface area contributed by atoms with Gasteiger partial charge in [0.15, 0.2) is 0 Å². The molecule has 0 atom stereocenters. The van der Waals surface area contributed by atoms with Gasteiger partial charge >= 0.3 is 0 Å². The molecular formula is C12H25N. The summed E-state index contributed by atoms with van der Waals surface area (Å²) in [7, 11) is 0. The van der Waals surface area contributed by atoms with E-state index in [4.69, 9.17) is 0 Å². The van der Waals surface area contributed by atoms with E-state index in [0.717, 1.165) is 6.54 Å². The van der Waals surface area contributed by atoms with E-state index in [2.05, 4.69) is 31.4 Å². The van der Waals surface area contributed by atoms with E-state index in [-0.39, 0.29) is 0 Å². The molecule has 0 saturated carbocycles. The Morgan fingerprint density at radius 2 is 1.62 bits per heavy atom. The van der Waals surface area contributed by atoms with Crippen molar-refractivity contribution in [1.29, 1.82) is 0 Å². The Morgan fingerprint density at radius 3 is 2.31 bits per heavy atom. The van der Waals surface area contributed by atoms with Crippen molar-refractivity contribution in [2.45, 2.75) is 58.8 Å². The van der Waals surface area contributed by atoms with E-state index in [1.807, 2.05) is 0 Å². The van der Waals surface area contributed by atoms with Gasteiger partial charge in [-0.25, -0.2) is 0 Å². The molecule has 78 valence electrons. The first-order valence-electron chi connectivity index (χ1n) is 5.80. The minimum absolute atomic E-state index is 1.03. The maximum absolute atomic E-state index is 3.18. The van der Waals surface area contributed by atoms with Gasteiger partial charge in [-0.1, -0.05) is 45.1 Å². The lowest BCUT2D eigenvalue weighted by molar-refractivity contribution is 0.611. The minimum Gasteiger partial charge on any atom is -0.391 e. The monoisotopic (exact) mass is 183 g/mol. The molecule has 0 heterocycles. The number of hydrogen-bond acceptors (Lipinski definition) is 1. The molecular weight excluding hydrogens is 158 g/mol. The lowest BCUT2D eigenvalue weighted by atomic mass is 10.1. The predicted octanol–water partition coefficient (Wildman–Crippen LogP) is 3.86. The summed E-state index contributed by atoms with van der Waals surface area (Å²) in [6.07, 6.45) is 13.9. The molecule has 0 aliphatic heterocycles. The van der Waals surface area contributed by atoms with Gasteiger partial charge in [0, 0.05) is 6.54 Å². The maximum Gasteiger partial charge on any atom is 0.0112 e. The lowest BCUT2D eigenvalue weighted by Crippen LogP contribution is -2.01. The number of rotatable bonds is 9. The second kappa shape index (κ2) is 11.5. The molecule has 0 rings (SSSR count). The van der Waals surface area contributed by atoms with Crippen molar-refractivity contribution in [3.63, 3.8) is 0 Å². The van der Waals surface area contributed by atoms with Crippen LogP contribution in [0.5, 0.6) is 0 Å². The molecule has 0 amide bonds. The fourth-order valence-electron chi connectivity index (χ4n) is 1.33. The van der Waals surface area contributed by atoms with Crippen LogP contribution >= 0.6 is 0 Å². The maximum atomic E-state index is 3.18. The summed E-state index contributed by atoms with van der Waals surface area (Å²) >= 11 is 0. The first kappa shape index (κ1) is 12.5. The van der Waals surface area contributed by atoms with Crippen LogP contribution in [0.25, 0.3) is 0 Å². The molecule has 0 aromatic carbocycles. The standard InChI is InChI=1S/C12H25N/c1-3-5-6-7-8-9-10-11-12-13-4-2/h11-13H,3-10H2,1-2H3. The summed E-state index contributed by atoms with van der Waals surface area (Å²) in [5, 5.41) is 3.18. The summed E-state index contributed by atoms with van der Waals surface area (Å²) in [5.41, 5.74) is 0. The van der Waals surface area contributed by atoms with Crippen LogP contribution in [0.1, 0.15) is 58.8 Å². The van der Waals surface area contributed by atoms with Crippen molar-refractivity contribution in [2.24, 2.45) is 0 Å². The zero-order valence-electron chi connectivity index (χ0n) is 9.31. The highest BCUT2D eigenvalue weighted by Crippen LogP contribution is 2.06. The second-order valence-electron chi connectivity index (χ2n) is 3.52. The summed E-state index contributed by atoms with van der Waals surface area (Å²) < 4.78 is 0. The van der Waals surface area contributed by atoms with Crippen LogP contribution in [0.15, 0.2) is 12.3 Å². The average molecular weight is 183 g/mol. The summed E-state index contributed by atoms with van der Waals surface area (Å²) in [6, 6.07) is 0. The molecule has 0 saturated heterocycles. The molecule has 0 radical (unpaired) electrons. The molecule has 0 fully saturated rings. The molecule has 1 N–H and O–H groups in total. The van der Waals surface area contributed by atoms with Crippen molar-refractivity contribution in [3.8, 4) is 0 Å². The van der Waals surface area contributed by atoms with E-state index >= 15 is 0 Å². The Hall–Kier alpha value is -0.460. The predicted molar refractivity (Wildman–Crippen MR) is 60.8 cm³/mol. The van der Waals surface area contributed by atoms with Crippen LogP contribution in [0.4, 0.5) is 0 Å². The first-order valence-corrected chi connectivity index (χ1v) is 5.80. The topological polar surface area (TPSA) is 12.0 Å². The van der Waals surface area contributed by atoms with Gasteiger partial charge in [0.25, 0.3) is 0 Å². The Labute approximate surface area is 83.6 Å². The van der Waals surface area contributed by atoms with Crippen molar-refractivity contribution < 1.29 is 0 Å². The highest BCUT2D eigenvalue weighted by atomic mass is 14.8. The number of unbranched alkanes of at least 4 members (excludes halogenated alkanes) is 6. The Balaban J connectivity index is 2.91. The van der Waals surface area contributed by atoms with E-state index in [1.54, 1.807) is 0 Å². The number of nitrogens with one attached hydrogen (secondary N) is 1. The van der Waals surface area contributed by atoms with Gasteiger partial charge in [-0.05, 0) is 26.0 Å². The quantitative estimate of drug-likeness (QED) is 0.535. The SMILES string of the molecule is CCCCCCCCC=CNCC. The van der Waals surface area contributed by atoms with E-state index < -0.39 is 0 Å². The Bertz CT molecular complexity index is 108. The van der Waals surface area contributed by atoms with Crippen LogP contribution in [-0.2, 0) is 0 Å². The van der Waals surface area contributed by atoms with Crippen LogP contribution in [0, 0.1) is 0 Å². The van der Waals surface area contributed by atoms with E-state index in [0.29, 0.717) is 0 Å². The molecule has 1 heteroatoms. The molecule has 0 aliphatic carbocycles. The van der Waals surface area contributed by atoms with Crippen molar-refractivity contribution in [2.75, 3.05) is 6.54 Å². The van der Waals surface area contributed by atoms with Crippen LogP contribution in [-0.4, -0.2) is 6.54 Å². The molecule has 1 nitrogen and oxygen atoms in total. The smallest absolute Gasteiger partial charge is 0.0112 e. The Morgan fingerprint density at radius 1 is 0.923 bits per heavy atom. The number of allylic oxidation sites excluding steroid dienone is 1. The summed E-state index contributed by atoms with van der Waals surface area (Å²) in [6.45, 7) is 5.42. The second-order valence-corrected chi connectivity index (χ2v) is 3.52. The van der Waals surface area contributed by atoms with Gasteiger partial charge in [0.05, 0.1) is 0 Å². The van der Waals surface area contributed by atoms with Gasteiger partial charge in [-0.3, -0.25) is 0 Å². The minimum atomic E-state index is 1.03. The third-order valence-electron chi connectivity index (χ3n) is 2.16. The Kier molecular flexibility index (Phi) is 11.1. The molecule has 0 aromatic heterocycles. The van der Waals surface area contributed by atoms with Crippen molar-refractivity contribution >= 4 is 0 Å². The van der Waals surface area contributed by atoms with Crippen LogP contribution in [0.2, 0.25) is 0 Å². The molecule has 0 bridgehead atoms. The zero-order valence-corrected chi connectivity index (χ0v) is 9.31. The largest absolute Gasteiger partial charge is 0.391 e. The highest BCUT2D eigenvalue weighted by Gasteiger charge is 1.87. The summed E-state index contributed by atoms with van der Waals surface area (Å²) in [5.74, 6) is 0. The van der Waals surface area contributed by atoms with Gasteiger partial charge < -0.3 is 5.32 Å². The van der Waals surface area contributed by atoms with Crippen LogP contribution in [0.3, 0.4) is 0 Å². The zero-order chi connectivity index (χ0) is 9.78. The van der Waals surface area contributed by atoms with Gasteiger partial charge in [0.2, 0.25) is 0 Å². The highest BCUT2D eigenvalue weighted by molar-refractivity contribution is 4.78. The molecule has 13 heavy (non-hydrogen) atoms. The molecule has 0 aromatic rings. The van der Waals surface area contributed by atoms with Gasteiger partial charge in [0.1, 0.15) is 0 Å². The average Bonchev–Trinajstić information content (AvgIpc) is 2.16. The first-order chi connectivity index (χ1) is 6.41. The molecule has 0 aliphatic rings.